The summed E-state index contributed by atoms with van der Waals surface area (Å²) < 4.78 is 11.1. The van der Waals surface area contributed by atoms with E-state index in [9.17, 15) is 9.50 Å². The lowest BCUT2D eigenvalue weighted by molar-refractivity contribution is 0.113. The number of hydrogen-bond acceptors (Lipinski definition) is 1. The van der Waals surface area contributed by atoms with Crippen molar-refractivity contribution in [3.8, 4) is 0 Å². The van der Waals surface area contributed by atoms with Gasteiger partial charge in [0.15, 0.2) is 0 Å². The molecule has 0 aromatic heterocycles. The third kappa shape index (κ3) is 3.75. The Hall–Kier alpha value is 0.0700. The van der Waals surface area contributed by atoms with E-state index in [4.69, 9.17) is 0 Å². The van der Waals surface area contributed by atoms with Gasteiger partial charge >= 0.3 is 0 Å². The highest BCUT2D eigenvalue weighted by Crippen LogP contribution is 2.33. The van der Waals surface area contributed by atoms with Crippen LogP contribution in [0.15, 0.2) is 30.3 Å². The van der Waals surface area contributed by atoms with Gasteiger partial charge in [0, 0.05) is 6.42 Å². The summed E-state index contributed by atoms with van der Waals surface area (Å²) in [6.45, 7) is 0. The van der Waals surface area contributed by atoms with Crippen molar-refractivity contribution in [2.75, 3.05) is 0 Å². The number of hydrogen-bond donors (Lipinski definition) is 1. The van der Waals surface area contributed by atoms with Crippen LogP contribution in [0.25, 0.3) is 0 Å². The summed E-state index contributed by atoms with van der Waals surface area (Å²) in [6, 6.07) is 9.26. The maximum atomic E-state index is 13.1. The fourth-order valence-electron chi connectivity index (χ4n) is 0.953. The van der Waals surface area contributed by atoms with E-state index in [1.165, 1.54) is 0 Å². The van der Waals surface area contributed by atoms with Crippen molar-refractivity contribution in [1.82, 2.24) is 0 Å². The second kappa shape index (κ2) is 4.53. The van der Waals surface area contributed by atoms with Crippen molar-refractivity contribution in [3.05, 3.63) is 35.9 Å². The highest BCUT2D eigenvalue weighted by Gasteiger charge is 2.31. The van der Waals surface area contributed by atoms with Crippen LogP contribution in [-0.2, 0) is 6.42 Å². The van der Waals surface area contributed by atoms with Crippen LogP contribution in [0.3, 0.4) is 0 Å². The number of aliphatic hydroxyl groups is 1. The minimum atomic E-state index is -1.91. The number of alkyl halides is 3. The van der Waals surface area contributed by atoms with Crippen molar-refractivity contribution in [2.45, 2.75) is 16.0 Å². The summed E-state index contributed by atoms with van der Waals surface area (Å²) in [5.41, 5.74) is 0.899. The van der Waals surface area contributed by atoms with Crippen LogP contribution in [0.2, 0.25) is 0 Å². The van der Waals surface area contributed by atoms with Gasteiger partial charge in [0.05, 0.1) is 0 Å². The first kappa shape index (κ1) is 11.1. The quantitative estimate of drug-likeness (QED) is 0.851. The molecule has 1 N–H and O–H groups in total. The summed E-state index contributed by atoms with van der Waals surface area (Å²) >= 11 is 5.40. The average Bonchev–Trinajstić information content (AvgIpc) is 2.04. The number of rotatable bonds is 3. The molecule has 72 valence electrons. The number of aliphatic hydroxyl groups excluding tert-OH is 1. The van der Waals surface area contributed by atoms with E-state index in [0.29, 0.717) is 0 Å². The average molecular weight is 312 g/mol. The maximum Gasteiger partial charge on any atom is 0.244 e. The van der Waals surface area contributed by atoms with Gasteiger partial charge in [-0.15, -0.1) is 0 Å². The van der Waals surface area contributed by atoms with Gasteiger partial charge in [-0.05, 0) is 37.4 Å². The minimum Gasteiger partial charge on any atom is -0.388 e. The monoisotopic (exact) mass is 310 g/mol. The van der Waals surface area contributed by atoms with Crippen molar-refractivity contribution in [1.29, 1.82) is 0 Å². The second-order valence-electron chi connectivity index (χ2n) is 2.75. The fraction of sp³-hybridized carbons (Fsp3) is 0.333. The zero-order valence-corrected chi connectivity index (χ0v) is 9.92. The Morgan fingerprint density at radius 2 is 1.85 bits per heavy atom. The Bertz CT molecular complexity index is 258. The largest absolute Gasteiger partial charge is 0.388 e. The van der Waals surface area contributed by atoms with E-state index in [2.05, 4.69) is 31.9 Å². The molecule has 0 aliphatic carbocycles. The van der Waals surface area contributed by atoms with Crippen LogP contribution in [0.4, 0.5) is 4.39 Å². The topological polar surface area (TPSA) is 20.2 Å². The Morgan fingerprint density at radius 1 is 1.31 bits per heavy atom. The summed E-state index contributed by atoms with van der Waals surface area (Å²) in [5.74, 6) is 0. The molecule has 0 radical (unpaired) electrons. The minimum absolute atomic E-state index is 0.272. The molecule has 13 heavy (non-hydrogen) atoms. The Labute approximate surface area is 93.2 Å². The summed E-state index contributed by atoms with van der Waals surface area (Å²) in [4.78, 5) is 0. The van der Waals surface area contributed by atoms with Crippen LogP contribution >= 0.6 is 31.9 Å². The molecule has 0 bridgehead atoms. The molecule has 0 heterocycles. The van der Waals surface area contributed by atoms with Gasteiger partial charge in [0.2, 0.25) is 3.49 Å². The third-order valence-corrected chi connectivity index (χ3v) is 2.71. The predicted octanol–water partition coefficient (Wildman–Crippen LogP) is 3.00. The van der Waals surface area contributed by atoms with Crippen LogP contribution in [-0.4, -0.2) is 14.7 Å². The molecular weight excluding hydrogens is 303 g/mol. The van der Waals surface area contributed by atoms with Crippen molar-refractivity contribution in [3.63, 3.8) is 0 Å². The first-order chi connectivity index (χ1) is 6.00. The number of halogens is 3. The van der Waals surface area contributed by atoms with Gasteiger partial charge in [0.1, 0.15) is 6.10 Å². The Morgan fingerprint density at radius 3 is 2.31 bits per heavy atom. The van der Waals surface area contributed by atoms with Gasteiger partial charge < -0.3 is 5.11 Å². The molecule has 4 heteroatoms. The predicted molar refractivity (Wildman–Crippen MR) is 57.8 cm³/mol. The first-order valence-electron chi connectivity index (χ1n) is 3.79. The lowest BCUT2D eigenvalue weighted by Crippen LogP contribution is -2.27. The van der Waals surface area contributed by atoms with Gasteiger partial charge in [-0.2, -0.15) is 0 Å². The summed E-state index contributed by atoms with van der Waals surface area (Å²) in [5, 5.41) is 9.37. The molecule has 1 nitrogen and oxygen atoms in total. The molecule has 0 saturated heterocycles. The molecule has 1 rings (SSSR count). The molecule has 0 amide bonds. The molecule has 0 spiro atoms. The van der Waals surface area contributed by atoms with E-state index >= 15 is 0 Å². The van der Waals surface area contributed by atoms with Crippen molar-refractivity contribution in [2.24, 2.45) is 0 Å². The molecule has 0 fully saturated rings. The standard InChI is InChI=1S/C9H9Br2FO/c10-9(11,12)8(13)6-7-4-2-1-3-5-7/h1-5,8,13H,6H2. The van der Waals surface area contributed by atoms with Crippen LogP contribution in [0.5, 0.6) is 0 Å². The summed E-state index contributed by atoms with van der Waals surface area (Å²) in [6.07, 6.45) is -0.830. The lowest BCUT2D eigenvalue weighted by Gasteiger charge is -2.17. The normalized spacial score (nSPS) is 14.2. The lowest BCUT2D eigenvalue weighted by atomic mass is 10.1. The van der Waals surface area contributed by atoms with Gasteiger partial charge in [-0.25, -0.2) is 4.39 Å². The van der Waals surface area contributed by atoms with E-state index < -0.39 is 9.59 Å². The highest BCUT2D eigenvalue weighted by molar-refractivity contribution is 9.25. The second-order valence-corrected chi connectivity index (χ2v) is 6.12. The van der Waals surface area contributed by atoms with Crippen molar-refractivity contribution < 1.29 is 9.50 Å². The van der Waals surface area contributed by atoms with E-state index in [1.54, 1.807) is 0 Å². The Kier molecular flexibility index (Phi) is 3.88. The van der Waals surface area contributed by atoms with Crippen LogP contribution in [0, 0.1) is 0 Å². The first-order valence-corrected chi connectivity index (χ1v) is 5.37. The van der Waals surface area contributed by atoms with E-state index in [-0.39, 0.29) is 6.42 Å². The third-order valence-electron chi connectivity index (χ3n) is 1.65. The zero-order valence-electron chi connectivity index (χ0n) is 6.75. The zero-order chi connectivity index (χ0) is 9.90. The molecule has 0 saturated carbocycles. The molecular formula is C9H9Br2FO. The molecule has 0 aliphatic heterocycles. The van der Waals surface area contributed by atoms with Crippen molar-refractivity contribution >= 4 is 31.9 Å². The molecule has 1 aromatic rings. The molecule has 1 atom stereocenters. The van der Waals surface area contributed by atoms with Gasteiger partial charge in [-0.3, -0.25) is 0 Å². The molecule has 0 aliphatic rings. The smallest absolute Gasteiger partial charge is 0.244 e. The SMILES string of the molecule is OC(Cc1ccccc1)C(F)(Br)Br. The van der Waals surface area contributed by atoms with Crippen LogP contribution in [0.1, 0.15) is 5.56 Å². The fourth-order valence-corrected chi connectivity index (χ4v) is 1.28. The van der Waals surface area contributed by atoms with Gasteiger partial charge in [-0.1, -0.05) is 30.3 Å². The Balaban J connectivity index is 2.61. The van der Waals surface area contributed by atoms with E-state index in [0.717, 1.165) is 5.56 Å². The molecule has 1 unspecified atom stereocenters. The molecule has 1 aromatic carbocycles. The van der Waals surface area contributed by atoms with Crippen LogP contribution < -0.4 is 0 Å². The van der Waals surface area contributed by atoms with Gasteiger partial charge in [0.25, 0.3) is 0 Å². The highest BCUT2D eigenvalue weighted by atomic mass is 79.9. The number of benzene rings is 1. The summed E-state index contributed by atoms with van der Waals surface area (Å²) in [7, 11) is 0. The van der Waals surface area contributed by atoms with E-state index in [1.807, 2.05) is 30.3 Å². The maximum absolute atomic E-state index is 13.1.